The molecule has 4 heterocycles. The second kappa shape index (κ2) is 8.75. The molecule has 32 heavy (non-hydrogen) atoms. The van der Waals surface area contributed by atoms with Crippen LogP contribution in [0.15, 0.2) is 48.8 Å². The Morgan fingerprint density at radius 2 is 1.84 bits per heavy atom. The van der Waals surface area contributed by atoms with E-state index in [2.05, 4.69) is 25.5 Å². The number of aromatic nitrogens is 3. The highest BCUT2D eigenvalue weighted by atomic mass is 19.1. The maximum absolute atomic E-state index is 13.9. The van der Waals surface area contributed by atoms with E-state index in [4.69, 9.17) is 9.72 Å². The average Bonchev–Trinajstić information content (AvgIpc) is 2.84. The van der Waals surface area contributed by atoms with Gasteiger partial charge in [-0.05, 0) is 24.3 Å². The fourth-order valence-corrected chi connectivity index (χ4v) is 3.76. The molecule has 2 aliphatic heterocycles. The number of rotatable bonds is 3. The van der Waals surface area contributed by atoms with Gasteiger partial charge in [-0.15, -0.1) is 0 Å². The van der Waals surface area contributed by atoms with Crippen molar-refractivity contribution in [2.24, 2.45) is 0 Å². The minimum absolute atomic E-state index is 0.318. The Kier molecular flexibility index (Phi) is 5.51. The summed E-state index contributed by atoms with van der Waals surface area (Å²) in [4.78, 5) is 30.1. The summed E-state index contributed by atoms with van der Waals surface area (Å²) in [6, 6.07) is 9.20. The number of hydrogen-bond acceptors (Lipinski definition) is 7. The SMILES string of the molecule is O=C(Nc1ccncc1)N1CCOc2c(N3CCNCC3)nc(-c3cccc(F)c3)nc21. The summed E-state index contributed by atoms with van der Waals surface area (Å²) in [7, 11) is 0. The first-order chi connectivity index (χ1) is 15.7. The summed E-state index contributed by atoms with van der Waals surface area (Å²) in [5, 5.41) is 6.18. The molecule has 1 saturated heterocycles. The lowest BCUT2D eigenvalue weighted by Crippen LogP contribution is -2.45. The molecule has 0 radical (unpaired) electrons. The van der Waals surface area contributed by atoms with Gasteiger partial charge in [-0.25, -0.2) is 19.2 Å². The van der Waals surface area contributed by atoms with Gasteiger partial charge >= 0.3 is 6.03 Å². The van der Waals surface area contributed by atoms with Gasteiger partial charge in [0.25, 0.3) is 0 Å². The van der Waals surface area contributed by atoms with Crippen LogP contribution in [-0.4, -0.2) is 60.3 Å². The van der Waals surface area contributed by atoms with Crippen molar-refractivity contribution in [1.82, 2.24) is 20.3 Å². The van der Waals surface area contributed by atoms with E-state index in [1.54, 1.807) is 36.7 Å². The number of hydrogen-bond donors (Lipinski definition) is 2. The molecule has 2 amide bonds. The molecule has 0 unspecified atom stereocenters. The molecule has 1 aromatic carbocycles. The number of pyridine rings is 1. The van der Waals surface area contributed by atoms with Crippen molar-refractivity contribution >= 4 is 23.4 Å². The Balaban J connectivity index is 1.58. The fraction of sp³-hybridized carbons (Fsp3) is 0.273. The number of anilines is 3. The zero-order valence-electron chi connectivity index (χ0n) is 17.3. The van der Waals surface area contributed by atoms with Gasteiger partial charge in [-0.1, -0.05) is 12.1 Å². The fourth-order valence-electron chi connectivity index (χ4n) is 3.76. The van der Waals surface area contributed by atoms with E-state index >= 15 is 0 Å². The van der Waals surface area contributed by atoms with Crippen LogP contribution in [0.25, 0.3) is 11.4 Å². The zero-order valence-corrected chi connectivity index (χ0v) is 17.3. The number of piperazine rings is 1. The van der Waals surface area contributed by atoms with Crippen LogP contribution in [0.2, 0.25) is 0 Å². The maximum Gasteiger partial charge on any atom is 0.327 e. The molecule has 0 saturated carbocycles. The first-order valence-corrected chi connectivity index (χ1v) is 10.4. The van der Waals surface area contributed by atoms with Gasteiger partial charge < -0.3 is 20.3 Å². The Bertz CT molecular complexity index is 1120. The molecule has 5 rings (SSSR count). The van der Waals surface area contributed by atoms with E-state index in [-0.39, 0.29) is 11.8 Å². The molecule has 0 aliphatic carbocycles. The molecular weight excluding hydrogens is 413 g/mol. The number of carbonyl (C=O) groups is 1. The smallest absolute Gasteiger partial charge is 0.327 e. The van der Waals surface area contributed by atoms with Gasteiger partial charge in [0.2, 0.25) is 5.75 Å². The Morgan fingerprint density at radius 3 is 2.62 bits per heavy atom. The van der Waals surface area contributed by atoms with Crippen molar-refractivity contribution in [2.75, 3.05) is 54.4 Å². The molecule has 164 valence electrons. The van der Waals surface area contributed by atoms with Crippen LogP contribution in [-0.2, 0) is 0 Å². The lowest BCUT2D eigenvalue weighted by atomic mass is 10.2. The van der Waals surface area contributed by atoms with Crippen molar-refractivity contribution in [3.63, 3.8) is 0 Å². The number of nitrogens with zero attached hydrogens (tertiary/aromatic N) is 5. The maximum atomic E-state index is 13.9. The highest BCUT2D eigenvalue weighted by molar-refractivity contribution is 6.03. The number of halogens is 1. The minimum atomic E-state index is -0.379. The van der Waals surface area contributed by atoms with Gasteiger partial charge in [-0.3, -0.25) is 9.88 Å². The normalized spacial score (nSPS) is 15.7. The first kappa shape index (κ1) is 20.1. The molecule has 9 nitrogen and oxygen atoms in total. The van der Waals surface area contributed by atoms with Gasteiger partial charge in [-0.2, -0.15) is 0 Å². The van der Waals surface area contributed by atoms with Crippen LogP contribution in [0.5, 0.6) is 5.75 Å². The number of ether oxygens (including phenoxy) is 1. The predicted molar refractivity (Wildman–Crippen MR) is 119 cm³/mol. The Morgan fingerprint density at radius 1 is 1.06 bits per heavy atom. The van der Waals surface area contributed by atoms with Gasteiger partial charge in [0.15, 0.2) is 17.5 Å². The highest BCUT2D eigenvalue weighted by Gasteiger charge is 2.32. The van der Waals surface area contributed by atoms with E-state index in [9.17, 15) is 9.18 Å². The minimum Gasteiger partial charge on any atom is -0.485 e. The van der Waals surface area contributed by atoms with Crippen LogP contribution in [0, 0.1) is 5.82 Å². The van der Waals surface area contributed by atoms with Gasteiger partial charge in [0, 0.05) is 49.8 Å². The largest absolute Gasteiger partial charge is 0.485 e. The lowest BCUT2D eigenvalue weighted by Gasteiger charge is -2.34. The van der Waals surface area contributed by atoms with Crippen molar-refractivity contribution in [1.29, 1.82) is 0 Å². The van der Waals surface area contributed by atoms with Crippen LogP contribution in [0.1, 0.15) is 0 Å². The Labute approximate surface area is 184 Å². The van der Waals surface area contributed by atoms with Crippen LogP contribution < -0.4 is 25.2 Å². The molecule has 1 fully saturated rings. The van der Waals surface area contributed by atoms with Crippen molar-refractivity contribution < 1.29 is 13.9 Å². The summed E-state index contributed by atoms with van der Waals surface area (Å²) in [6.07, 6.45) is 3.21. The predicted octanol–water partition coefficient (Wildman–Crippen LogP) is 2.52. The molecule has 0 bridgehead atoms. The van der Waals surface area contributed by atoms with Gasteiger partial charge in [0.1, 0.15) is 12.4 Å². The number of carbonyl (C=O) groups excluding carboxylic acids is 1. The molecule has 0 atom stereocenters. The standard InChI is InChI=1S/C22H22FN7O2/c23-16-3-1-2-15(14-16)19-27-20(29-10-8-25-9-11-29)18-21(28-19)30(12-13-32-18)22(31)26-17-4-6-24-7-5-17/h1-7,14,25H,8-13H2,(H,24,26,31). The van der Waals surface area contributed by atoms with E-state index in [0.29, 0.717) is 47.6 Å². The van der Waals surface area contributed by atoms with E-state index in [1.807, 2.05) is 0 Å². The molecule has 2 aromatic heterocycles. The summed E-state index contributed by atoms with van der Waals surface area (Å²) in [5.41, 5.74) is 1.16. The number of benzene rings is 1. The van der Waals surface area contributed by atoms with Crippen LogP contribution in [0.4, 0.5) is 26.5 Å². The average molecular weight is 435 g/mol. The summed E-state index contributed by atoms with van der Waals surface area (Å²) in [6.45, 7) is 3.72. The quantitative estimate of drug-likeness (QED) is 0.653. The van der Waals surface area contributed by atoms with Crippen molar-refractivity contribution in [2.45, 2.75) is 0 Å². The van der Waals surface area contributed by atoms with Crippen LogP contribution >= 0.6 is 0 Å². The second-order valence-corrected chi connectivity index (χ2v) is 7.44. The molecule has 3 aromatic rings. The summed E-state index contributed by atoms with van der Waals surface area (Å²) < 4.78 is 19.9. The summed E-state index contributed by atoms with van der Waals surface area (Å²) >= 11 is 0. The number of amides is 2. The molecule has 0 spiro atoms. The number of fused-ring (bicyclic) bond motifs is 1. The third kappa shape index (κ3) is 4.04. The third-order valence-electron chi connectivity index (χ3n) is 5.32. The highest BCUT2D eigenvalue weighted by Crippen LogP contribution is 2.40. The van der Waals surface area contributed by atoms with Crippen LogP contribution in [0.3, 0.4) is 0 Å². The van der Waals surface area contributed by atoms with Crippen molar-refractivity contribution in [3.05, 3.63) is 54.6 Å². The molecular formula is C22H22FN7O2. The molecule has 2 aliphatic rings. The zero-order chi connectivity index (χ0) is 21.9. The van der Waals surface area contributed by atoms with E-state index < -0.39 is 0 Å². The van der Waals surface area contributed by atoms with E-state index in [0.717, 1.165) is 26.2 Å². The molecule has 2 N–H and O–H groups in total. The lowest BCUT2D eigenvalue weighted by molar-refractivity contribution is 0.249. The van der Waals surface area contributed by atoms with E-state index in [1.165, 1.54) is 17.0 Å². The number of nitrogens with one attached hydrogen (secondary N) is 2. The Hall–Kier alpha value is -3.79. The van der Waals surface area contributed by atoms with Crippen molar-refractivity contribution in [3.8, 4) is 17.1 Å². The van der Waals surface area contributed by atoms with Gasteiger partial charge in [0.05, 0.1) is 6.54 Å². The molecule has 10 heteroatoms. The topological polar surface area (TPSA) is 95.5 Å². The first-order valence-electron chi connectivity index (χ1n) is 10.4. The second-order valence-electron chi connectivity index (χ2n) is 7.44. The monoisotopic (exact) mass is 435 g/mol. The number of urea groups is 1. The third-order valence-corrected chi connectivity index (χ3v) is 5.32. The summed E-state index contributed by atoms with van der Waals surface area (Å²) in [5.74, 6) is 1.39.